The second-order valence-corrected chi connectivity index (χ2v) is 11.5. The Balaban J connectivity index is 1.33. The van der Waals surface area contributed by atoms with Crippen LogP contribution in [-0.2, 0) is 11.2 Å². The molecule has 0 aromatic carbocycles. The van der Waals surface area contributed by atoms with Crippen molar-refractivity contribution < 1.29 is 14.3 Å². The number of fused-ring (bicyclic) bond motifs is 2. The van der Waals surface area contributed by atoms with Gasteiger partial charge in [0.1, 0.15) is 17.1 Å². The Labute approximate surface area is 223 Å². The van der Waals surface area contributed by atoms with Gasteiger partial charge in [-0.2, -0.15) is 0 Å². The van der Waals surface area contributed by atoms with E-state index in [-0.39, 0.29) is 24.2 Å². The molecule has 2 aliphatic heterocycles. The molecule has 0 aliphatic carbocycles. The molecule has 1 fully saturated rings. The first kappa shape index (κ1) is 25.8. The molecule has 10 nitrogen and oxygen atoms in total. The third kappa shape index (κ3) is 4.87. The molecular formula is C28H37N7O3. The summed E-state index contributed by atoms with van der Waals surface area (Å²) in [6.07, 6.45) is 6.05. The lowest BCUT2D eigenvalue weighted by atomic mass is 10.1. The maximum atomic E-state index is 13.4. The highest BCUT2D eigenvalue weighted by atomic mass is 16.6. The summed E-state index contributed by atoms with van der Waals surface area (Å²) in [6.45, 7) is 15.6. The fraction of sp³-hybridized carbons (Fsp3) is 0.500. The smallest absolute Gasteiger partial charge is 0.410 e. The molecule has 5 rings (SSSR count). The number of aromatic nitrogens is 3. The van der Waals surface area contributed by atoms with Crippen molar-refractivity contribution in [2.45, 2.75) is 72.6 Å². The number of amides is 3. The van der Waals surface area contributed by atoms with Crippen LogP contribution in [0.15, 0.2) is 30.7 Å². The molecule has 1 N–H and O–H groups in total. The minimum Gasteiger partial charge on any atom is -0.444 e. The molecule has 3 aromatic heterocycles. The highest BCUT2D eigenvalue weighted by Gasteiger charge is 2.37. The van der Waals surface area contributed by atoms with Crippen molar-refractivity contribution in [1.29, 1.82) is 0 Å². The molecule has 1 saturated heterocycles. The van der Waals surface area contributed by atoms with Gasteiger partial charge in [-0.3, -0.25) is 9.80 Å². The first-order valence-corrected chi connectivity index (χ1v) is 13.2. The largest absolute Gasteiger partial charge is 0.444 e. The zero-order chi connectivity index (χ0) is 27.4. The molecule has 202 valence electrons. The fourth-order valence-electron chi connectivity index (χ4n) is 5.53. The molecule has 2 aliphatic rings. The average Bonchev–Trinajstić information content (AvgIpc) is 3.39. The highest BCUT2D eigenvalue weighted by Crippen LogP contribution is 2.36. The first-order valence-electron chi connectivity index (χ1n) is 13.2. The van der Waals surface area contributed by atoms with Crippen LogP contribution in [0.25, 0.3) is 5.65 Å². The molecule has 0 spiro atoms. The Bertz CT molecular complexity index is 1380. The van der Waals surface area contributed by atoms with Gasteiger partial charge in [-0.25, -0.2) is 19.6 Å². The van der Waals surface area contributed by atoms with Crippen LogP contribution in [-0.4, -0.2) is 68.7 Å². The number of aryl methyl sites for hydroxylation is 2. The van der Waals surface area contributed by atoms with E-state index < -0.39 is 5.60 Å². The number of urea groups is 1. The van der Waals surface area contributed by atoms with Gasteiger partial charge in [0.2, 0.25) is 0 Å². The minimum absolute atomic E-state index is 0.0251. The maximum Gasteiger partial charge on any atom is 0.410 e. The monoisotopic (exact) mass is 519 g/mol. The molecule has 2 atom stereocenters. The first-order chi connectivity index (χ1) is 17.9. The Hall–Kier alpha value is -3.82. The van der Waals surface area contributed by atoms with E-state index in [0.29, 0.717) is 25.5 Å². The highest BCUT2D eigenvalue weighted by molar-refractivity contribution is 6.03. The van der Waals surface area contributed by atoms with Crippen molar-refractivity contribution in [3.8, 4) is 0 Å². The van der Waals surface area contributed by atoms with Gasteiger partial charge in [-0.1, -0.05) is 0 Å². The molecule has 3 amide bonds. The fourth-order valence-corrected chi connectivity index (χ4v) is 5.53. The van der Waals surface area contributed by atoms with E-state index in [2.05, 4.69) is 34.0 Å². The van der Waals surface area contributed by atoms with Crippen LogP contribution in [0.5, 0.6) is 0 Å². The van der Waals surface area contributed by atoms with E-state index in [4.69, 9.17) is 4.74 Å². The van der Waals surface area contributed by atoms with Gasteiger partial charge in [0, 0.05) is 49.5 Å². The van der Waals surface area contributed by atoms with Crippen molar-refractivity contribution >= 4 is 35.0 Å². The summed E-state index contributed by atoms with van der Waals surface area (Å²) in [4.78, 5) is 41.2. The lowest BCUT2D eigenvalue weighted by Gasteiger charge is -2.45. The summed E-state index contributed by atoms with van der Waals surface area (Å²) >= 11 is 0. The molecule has 0 saturated carbocycles. The number of nitrogens with one attached hydrogen (secondary N) is 1. The molecule has 0 unspecified atom stereocenters. The summed E-state index contributed by atoms with van der Waals surface area (Å²) in [6, 6.07) is 3.73. The normalized spacial score (nSPS) is 19.6. The molecular weight excluding hydrogens is 482 g/mol. The Kier molecular flexibility index (Phi) is 6.44. The van der Waals surface area contributed by atoms with Crippen LogP contribution in [0.2, 0.25) is 0 Å². The number of hydrogen-bond acceptors (Lipinski definition) is 6. The van der Waals surface area contributed by atoms with E-state index >= 15 is 0 Å². The number of hydrogen-bond donors (Lipinski definition) is 1. The van der Waals surface area contributed by atoms with E-state index in [1.54, 1.807) is 11.1 Å². The Morgan fingerprint density at radius 2 is 1.82 bits per heavy atom. The zero-order valence-electron chi connectivity index (χ0n) is 23.3. The quantitative estimate of drug-likeness (QED) is 0.524. The number of rotatable bonds is 2. The molecule has 10 heteroatoms. The standard InChI is InChI=1S/C28H37N7O3/c1-17-12-24-30-18(2)13-33(24)16-22(17)31-26(36)34-11-9-21-23(8-10-29-25(21)34)32-14-19(3)35(20(4)15-32)27(37)38-28(5,6)7/h8,10,12-13,16,19-20H,9,11,14-15H2,1-7H3,(H,31,36)/t19-,20+. The van der Waals surface area contributed by atoms with Crippen LogP contribution in [0.4, 0.5) is 26.8 Å². The summed E-state index contributed by atoms with van der Waals surface area (Å²) < 4.78 is 7.58. The van der Waals surface area contributed by atoms with E-state index in [1.807, 2.05) is 68.4 Å². The Morgan fingerprint density at radius 1 is 1.11 bits per heavy atom. The van der Waals surface area contributed by atoms with E-state index in [1.165, 1.54) is 0 Å². The molecule has 3 aromatic rings. The van der Waals surface area contributed by atoms with Gasteiger partial charge in [0.15, 0.2) is 0 Å². The SMILES string of the molecule is Cc1cn2cc(NC(=O)N3CCc4c(N5C[C@@H](C)N(C(=O)OC(C)(C)C)[C@@H](C)C5)ccnc43)c(C)cc2n1. The zero-order valence-corrected chi connectivity index (χ0v) is 23.3. The van der Waals surface area contributed by atoms with E-state index in [0.717, 1.165) is 40.3 Å². The summed E-state index contributed by atoms with van der Waals surface area (Å²) in [5.41, 5.74) is 5.06. The van der Waals surface area contributed by atoms with Crippen LogP contribution < -0.4 is 15.1 Å². The van der Waals surface area contributed by atoms with Gasteiger partial charge in [0.25, 0.3) is 0 Å². The molecule has 5 heterocycles. The van der Waals surface area contributed by atoms with Crippen molar-refractivity contribution in [3.63, 3.8) is 0 Å². The van der Waals surface area contributed by atoms with Crippen LogP contribution in [0.3, 0.4) is 0 Å². The van der Waals surface area contributed by atoms with Crippen LogP contribution in [0, 0.1) is 13.8 Å². The second-order valence-electron chi connectivity index (χ2n) is 11.5. The predicted octanol–water partition coefficient (Wildman–Crippen LogP) is 4.77. The lowest BCUT2D eigenvalue weighted by Crippen LogP contribution is -2.59. The second kappa shape index (κ2) is 9.49. The number of ether oxygens (including phenoxy) is 1. The third-order valence-corrected chi connectivity index (χ3v) is 7.12. The summed E-state index contributed by atoms with van der Waals surface area (Å²) in [5, 5.41) is 3.07. The van der Waals surface area contributed by atoms with Gasteiger partial charge < -0.3 is 19.4 Å². The van der Waals surface area contributed by atoms with Gasteiger partial charge in [-0.05, 0) is 72.6 Å². The number of carbonyl (C=O) groups excluding carboxylic acids is 2. The number of piperazine rings is 1. The minimum atomic E-state index is -0.536. The molecule has 0 radical (unpaired) electrons. The number of imidazole rings is 1. The van der Waals surface area contributed by atoms with Gasteiger partial charge in [-0.15, -0.1) is 0 Å². The maximum absolute atomic E-state index is 13.4. The topological polar surface area (TPSA) is 95.3 Å². The number of carbonyl (C=O) groups is 2. The van der Waals surface area contributed by atoms with Crippen molar-refractivity contribution in [1.82, 2.24) is 19.3 Å². The van der Waals surface area contributed by atoms with Crippen LogP contribution >= 0.6 is 0 Å². The van der Waals surface area contributed by atoms with Crippen molar-refractivity contribution in [3.05, 3.63) is 47.5 Å². The van der Waals surface area contributed by atoms with Gasteiger partial charge >= 0.3 is 12.1 Å². The van der Waals surface area contributed by atoms with Crippen molar-refractivity contribution in [2.75, 3.05) is 34.8 Å². The van der Waals surface area contributed by atoms with Gasteiger partial charge in [0.05, 0.1) is 23.5 Å². The third-order valence-electron chi connectivity index (χ3n) is 7.12. The Morgan fingerprint density at radius 3 is 2.50 bits per heavy atom. The summed E-state index contributed by atoms with van der Waals surface area (Å²) in [7, 11) is 0. The molecule has 0 bridgehead atoms. The van der Waals surface area contributed by atoms with Crippen LogP contribution in [0.1, 0.15) is 51.4 Å². The summed E-state index contributed by atoms with van der Waals surface area (Å²) in [5.74, 6) is 0.687. The predicted molar refractivity (Wildman–Crippen MR) is 148 cm³/mol. The van der Waals surface area contributed by atoms with Crippen molar-refractivity contribution in [2.24, 2.45) is 0 Å². The lowest BCUT2D eigenvalue weighted by molar-refractivity contribution is 0.00565. The number of anilines is 3. The average molecular weight is 520 g/mol. The number of pyridine rings is 2. The van der Waals surface area contributed by atoms with E-state index in [9.17, 15) is 9.59 Å². The number of nitrogens with zero attached hydrogens (tertiary/aromatic N) is 6. The molecule has 38 heavy (non-hydrogen) atoms.